The predicted octanol–water partition coefficient (Wildman–Crippen LogP) is 5.55. The van der Waals surface area contributed by atoms with Gasteiger partial charge in [-0.3, -0.25) is 4.79 Å². The van der Waals surface area contributed by atoms with E-state index in [1.165, 1.54) is 11.1 Å². The molecule has 4 aromatic rings. The molecule has 0 saturated heterocycles. The van der Waals surface area contributed by atoms with Gasteiger partial charge in [-0.25, -0.2) is 4.68 Å². The summed E-state index contributed by atoms with van der Waals surface area (Å²) in [4.78, 5) is 18.4. The number of para-hydroxylation sites is 1. The van der Waals surface area contributed by atoms with Gasteiger partial charge in [0.15, 0.2) is 0 Å². The average molecular weight is 500 g/mol. The molecule has 1 aliphatic heterocycles. The molecule has 36 heavy (non-hydrogen) atoms. The lowest BCUT2D eigenvalue weighted by atomic mass is 9.85. The van der Waals surface area contributed by atoms with Crippen LogP contribution in [0, 0.1) is 12.8 Å². The molecule has 1 amide bonds. The lowest BCUT2D eigenvalue weighted by molar-refractivity contribution is -0.121. The summed E-state index contributed by atoms with van der Waals surface area (Å²) in [7, 11) is 1.64. The Morgan fingerprint density at radius 2 is 1.86 bits per heavy atom. The minimum atomic E-state index is -0.414. The van der Waals surface area contributed by atoms with E-state index < -0.39 is 5.92 Å². The fourth-order valence-electron chi connectivity index (χ4n) is 4.59. The van der Waals surface area contributed by atoms with Crippen molar-refractivity contribution in [2.24, 2.45) is 5.92 Å². The smallest absolute Gasteiger partial charge is 0.232 e. The summed E-state index contributed by atoms with van der Waals surface area (Å²) in [5.74, 6) is 1.71. The molecule has 3 aromatic carbocycles. The van der Waals surface area contributed by atoms with Crippen LogP contribution in [0.4, 0.5) is 11.6 Å². The number of carbonyl (C=O) groups excluding carboxylic acids is 1. The van der Waals surface area contributed by atoms with E-state index in [9.17, 15) is 4.79 Å². The third-order valence-electron chi connectivity index (χ3n) is 6.36. The number of thioether (sulfide) groups is 1. The number of aryl methyl sites for hydroxylation is 1. The third kappa shape index (κ3) is 5.09. The van der Waals surface area contributed by atoms with Crippen molar-refractivity contribution >= 4 is 29.3 Å². The summed E-state index contributed by atoms with van der Waals surface area (Å²) in [6, 6.07) is 25.3. The summed E-state index contributed by atoms with van der Waals surface area (Å²) < 4.78 is 7.21. The van der Waals surface area contributed by atoms with Crippen molar-refractivity contribution in [2.45, 2.75) is 36.8 Å². The maximum Gasteiger partial charge on any atom is 0.232 e. The zero-order valence-electron chi connectivity index (χ0n) is 20.5. The number of methoxy groups -OCH3 is 1. The van der Waals surface area contributed by atoms with Gasteiger partial charge in [0, 0.05) is 17.5 Å². The van der Waals surface area contributed by atoms with Gasteiger partial charge in [0.1, 0.15) is 5.75 Å². The topological polar surface area (TPSA) is 81.1 Å². The normalized spacial score (nSPS) is 18.7. The number of benzene rings is 3. The number of hydrogen-bond acceptors (Lipinski definition) is 6. The molecule has 0 spiro atoms. The molecule has 7 nitrogen and oxygen atoms in total. The maximum atomic E-state index is 13.6. The lowest BCUT2D eigenvalue weighted by Crippen LogP contribution is -2.46. The molecule has 8 heteroatoms. The van der Waals surface area contributed by atoms with Crippen LogP contribution in [0.25, 0.3) is 0 Å². The van der Waals surface area contributed by atoms with E-state index in [2.05, 4.69) is 41.8 Å². The van der Waals surface area contributed by atoms with Crippen molar-refractivity contribution < 1.29 is 9.53 Å². The molecular weight excluding hydrogens is 470 g/mol. The summed E-state index contributed by atoms with van der Waals surface area (Å²) in [5, 5.41) is 12.0. The molecule has 184 valence electrons. The van der Waals surface area contributed by atoms with E-state index in [1.54, 1.807) is 18.9 Å². The minimum Gasteiger partial charge on any atom is -0.497 e. The zero-order chi connectivity index (χ0) is 25.1. The highest BCUT2D eigenvalue weighted by molar-refractivity contribution is 7.98. The van der Waals surface area contributed by atoms with Gasteiger partial charge >= 0.3 is 0 Å². The summed E-state index contributed by atoms with van der Waals surface area (Å²) >= 11 is 1.59. The van der Waals surface area contributed by atoms with Gasteiger partial charge in [0.2, 0.25) is 17.0 Å². The van der Waals surface area contributed by atoms with Gasteiger partial charge in [0.25, 0.3) is 0 Å². The van der Waals surface area contributed by atoms with Crippen molar-refractivity contribution in [2.75, 3.05) is 17.7 Å². The van der Waals surface area contributed by atoms with Crippen LogP contribution in [0.2, 0.25) is 0 Å². The molecule has 0 aliphatic carbocycles. The van der Waals surface area contributed by atoms with Crippen molar-refractivity contribution in [1.29, 1.82) is 0 Å². The second kappa shape index (κ2) is 10.5. The second-order valence-corrected chi connectivity index (χ2v) is 9.91. The van der Waals surface area contributed by atoms with Gasteiger partial charge in [-0.05, 0) is 49.2 Å². The highest BCUT2D eigenvalue weighted by Crippen LogP contribution is 2.38. The molecule has 0 radical (unpaired) electrons. The fraction of sp³-hybridized carbons (Fsp3) is 0.250. The van der Waals surface area contributed by atoms with Gasteiger partial charge in [-0.15, -0.1) is 5.10 Å². The number of aromatic nitrogens is 3. The highest BCUT2D eigenvalue weighted by Gasteiger charge is 2.42. The molecule has 1 aliphatic rings. The first-order chi connectivity index (χ1) is 17.5. The van der Waals surface area contributed by atoms with Crippen molar-refractivity contribution in [1.82, 2.24) is 14.8 Å². The van der Waals surface area contributed by atoms with E-state index in [4.69, 9.17) is 14.8 Å². The van der Waals surface area contributed by atoms with Crippen LogP contribution in [0.15, 0.2) is 84.0 Å². The van der Waals surface area contributed by atoms with E-state index in [0.29, 0.717) is 11.1 Å². The quantitative estimate of drug-likeness (QED) is 0.325. The van der Waals surface area contributed by atoms with Crippen LogP contribution in [-0.4, -0.2) is 33.8 Å². The van der Waals surface area contributed by atoms with E-state index in [1.807, 2.05) is 66.2 Å². The molecule has 1 aromatic heterocycles. The van der Waals surface area contributed by atoms with Crippen LogP contribution in [0.1, 0.15) is 29.7 Å². The van der Waals surface area contributed by atoms with Crippen LogP contribution in [0.3, 0.4) is 0 Å². The van der Waals surface area contributed by atoms with Crippen molar-refractivity contribution in [3.8, 4) is 5.75 Å². The minimum absolute atomic E-state index is 0.0721. The highest BCUT2D eigenvalue weighted by atomic mass is 32.2. The Kier molecular flexibility index (Phi) is 6.95. The Bertz CT molecular complexity index is 1340. The Morgan fingerprint density at radius 3 is 2.58 bits per heavy atom. The van der Waals surface area contributed by atoms with Gasteiger partial charge in [-0.1, -0.05) is 71.9 Å². The fourth-order valence-corrected chi connectivity index (χ4v) is 5.37. The molecule has 0 bridgehead atoms. The predicted molar refractivity (Wildman–Crippen MR) is 144 cm³/mol. The first kappa shape index (κ1) is 23.9. The average Bonchev–Trinajstić information content (AvgIpc) is 3.29. The number of ether oxygens (including phenoxy) is 1. The summed E-state index contributed by atoms with van der Waals surface area (Å²) in [6.07, 6.45) is 0. The monoisotopic (exact) mass is 499 g/mol. The Morgan fingerprint density at radius 1 is 1.08 bits per heavy atom. The Balaban J connectivity index is 1.47. The molecular formula is C28H29N5O2S. The number of nitrogens with zero attached hydrogens (tertiary/aromatic N) is 3. The molecule has 5 rings (SSSR count). The number of anilines is 2. The molecule has 3 atom stereocenters. The molecule has 0 saturated carbocycles. The lowest BCUT2D eigenvalue weighted by Gasteiger charge is -2.36. The molecule has 2 N–H and O–H groups in total. The van der Waals surface area contributed by atoms with Crippen LogP contribution < -0.4 is 15.4 Å². The zero-order valence-corrected chi connectivity index (χ0v) is 21.3. The largest absolute Gasteiger partial charge is 0.497 e. The van der Waals surface area contributed by atoms with Gasteiger partial charge in [0.05, 0.1) is 19.1 Å². The second-order valence-electron chi connectivity index (χ2n) is 8.97. The van der Waals surface area contributed by atoms with Crippen LogP contribution in [-0.2, 0) is 10.5 Å². The molecule has 0 fully saturated rings. The number of hydrogen-bond donors (Lipinski definition) is 2. The molecule has 2 heterocycles. The standard InChI is InChI=1S/C28H29N5O2S/c1-18-8-7-9-20(16-18)17-36-28-31-27-29-19(2)24(26(34)30-22-10-5-4-6-11-22)25(33(27)32-28)21-12-14-23(35-3)15-13-21/h4-16,19,24-25H,17H2,1-3H3,(H,30,34)(H,29,31,32)/t19-,24-,25-/m1/s1. The maximum absolute atomic E-state index is 13.6. The van der Waals surface area contributed by atoms with E-state index in [-0.39, 0.29) is 18.0 Å². The number of nitrogens with one attached hydrogen (secondary N) is 2. The van der Waals surface area contributed by atoms with Gasteiger partial charge < -0.3 is 15.4 Å². The first-order valence-electron chi connectivity index (χ1n) is 11.9. The Labute approximate surface area is 215 Å². The van der Waals surface area contributed by atoms with Crippen molar-refractivity contribution in [3.05, 3.63) is 95.6 Å². The SMILES string of the molecule is COc1ccc([C@@H]2[C@H](C(=O)Nc3ccccc3)[C@@H](C)Nc3nc(SCc4cccc(C)c4)nn32)cc1. The summed E-state index contributed by atoms with van der Waals surface area (Å²) in [5.41, 5.74) is 4.19. The van der Waals surface area contributed by atoms with Crippen LogP contribution >= 0.6 is 11.8 Å². The van der Waals surface area contributed by atoms with Crippen molar-refractivity contribution in [3.63, 3.8) is 0 Å². The summed E-state index contributed by atoms with van der Waals surface area (Å²) in [6.45, 7) is 4.11. The third-order valence-corrected chi connectivity index (χ3v) is 7.27. The van der Waals surface area contributed by atoms with E-state index in [0.717, 1.165) is 22.8 Å². The first-order valence-corrected chi connectivity index (χ1v) is 12.9. The van der Waals surface area contributed by atoms with Crippen LogP contribution in [0.5, 0.6) is 5.75 Å². The molecule has 0 unspecified atom stereocenters. The number of rotatable bonds is 7. The van der Waals surface area contributed by atoms with Gasteiger partial charge in [-0.2, -0.15) is 4.98 Å². The number of carbonyl (C=O) groups is 1. The number of amides is 1. The number of fused-ring (bicyclic) bond motifs is 1. The van der Waals surface area contributed by atoms with E-state index >= 15 is 0 Å². The Hall–Kier alpha value is -3.78.